The van der Waals surface area contributed by atoms with Crippen molar-refractivity contribution in [1.82, 2.24) is 10.3 Å². The van der Waals surface area contributed by atoms with Gasteiger partial charge in [-0.25, -0.2) is 5.84 Å². The number of hydrazine groups is 1. The van der Waals surface area contributed by atoms with E-state index >= 15 is 0 Å². The fraction of sp³-hybridized carbons (Fsp3) is 0.188. The van der Waals surface area contributed by atoms with E-state index in [1.165, 1.54) is 29.3 Å². The zero-order chi connectivity index (χ0) is 16.7. The third kappa shape index (κ3) is 5.63. The summed E-state index contributed by atoms with van der Waals surface area (Å²) >= 11 is 6.72. The first kappa shape index (κ1) is 17.4. The molecular weight excluding hydrogens is 328 g/mol. The minimum absolute atomic E-state index is 0.0687. The van der Waals surface area contributed by atoms with Crippen LogP contribution in [0.5, 0.6) is 0 Å². The van der Waals surface area contributed by atoms with Crippen LogP contribution in [0.2, 0.25) is 0 Å². The summed E-state index contributed by atoms with van der Waals surface area (Å²) in [5.41, 5.74) is 2.33. The average molecular weight is 346 g/mol. The Morgan fingerprint density at radius 1 is 1.30 bits per heavy atom. The summed E-state index contributed by atoms with van der Waals surface area (Å²) in [6.07, 6.45) is 1.58. The van der Waals surface area contributed by atoms with Gasteiger partial charge in [-0.3, -0.25) is 14.8 Å². The maximum atomic E-state index is 11.2. The quantitative estimate of drug-likeness (QED) is 0.274. The predicted octanol–water partition coefficient (Wildman–Crippen LogP) is 2.73. The van der Waals surface area contributed by atoms with Crippen molar-refractivity contribution in [2.75, 3.05) is 10.9 Å². The Labute approximate surface area is 145 Å². The zero-order valence-corrected chi connectivity index (χ0v) is 14.4. The zero-order valence-electron chi connectivity index (χ0n) is 12.7. The molecule has 0 bridgehead atoms. The van der Waals surface area contributed by atoms with Gasteiger partial charge in [0.2, 0.25) is 0 Å². The summed E-state index contributed by atoms with van der Waals surface area (Å²) in [5.74, 6) is 6.40. The lowest BCUT2D eigenvalue weighted by atomic mass is 10.2. The van der Waals surface area contributed by atoms with Crippen LogP contribution in [0.15, 0.2) is 48.7 Å². The number of thioether (sulfide) groups is 1. The highest BCUT2D eigenvalue weighted by atomic mass is 32.2. The monoisotopic (exact) mass is 346 g/mol. The molecule has 1 aromatic heterocycles. The molecule has 120 valence electrons. The number of hydrogen-bond donors (Lipinski definition) is 2. The maximum Gasteiger partial charge on any atom is 0.178 e. The van der Waals surface area contributed by atoms with Crippen molar-refractivity contribution in [3.8, 4) is 0 Å². The van der Waals surface area contributed by atoms with E-state index in [1.807, 2.05) is 30.3 Å². The van der Waals surface area contributed by atoms with E-state index in [9.17, 15) is 4.79 Å². The summed E-state index contributed by atoms with van der Waals surface area (Å²) in [6, 6.07) is 13.5. The molecule has 0 saturated carbocycles. The molecule has 1 heterocycles. The second kappa shape index (κ2) is 8.61. The summed E-state index contributed by atoms with van der Waals surface area (Å²) < 4.78 is 0.678. The molecule has 2 rings (SSSR count). The molecule has 0 saturated heterocycles. The highest BCUT2D eigenvalue weighted by Crippen LogP contribution is 2.14. The lowest BCUT2D eigenvalue weighted by Gasteiger charge is -2.18. The normalized spacial score (nSPS) is 10.2. The van der Waals surface area contributed by atoms with E-state index in [2.05, 4.69) is 10.3 Å². The number of anilines is 1. The molecule has 0 amide bonds. The molecule has 0 spiro atoms. The number of thiocarbonyl (C=S) groups is 1. The molecule has 2 aromatic rings. The summed E-state index contributed by atoms with van der Waals surface area (Å²) in [7, 11) is 0. The van der Waals surface area contributed by atoms with Gasteiger partial charge in [-0.15, -0.1) is 0 Å². The van der Waals surface area contributed by atoms with Crippen molar-refractivity contribution < 1.29 is 4.79 Å². The largest absolute Gasteiger partial charge is 0.367 e. The highest BCUT2D eigenvalue weighted by molar-refractivity contribution is 8.23. The van der Waals surface area contributed by atoms with Crippen LogP contribution in [-0.4, -0.2) is 21.0 Å². The van der Waals surface area contributed by atoms with Crippen molar-refractivity contribution in [3.63, 3.8) is 0 Å². The maximum absolute atomic E-state index is 11.2. The fourth-order valence-corrected chi connectivity index (χ4v) is 2.60. The minimum Gasteiger partial charge on any atom is -0.367 e. The Morgan fingerprint density at radius 2 is 2.04 bits per heavy atom. The van der Waals surface area contributed by atoms with Crippen LogP contribution in [-0.2, 0) is 6.54 Å². The lowest BCUT2D eigenvalue weighted by Crippen LogP contribution is -2.32. The van der Waals surface area contributed by atoms with Gasteiger partial charge in [-0.1, -0.05) is 54.3 Å². The number of nitrogens with two attached hydrogens (primary N) is 1. The van der Waals surface area contributed by atoms with Gasteiger partial charge in [-0.2, -0.15) is 0 Å². The summed E-state index contributed by atoms with van der Waals surface area (Å²) in [4.78, 5) is 15.3. The third-order valence-electron chi connectivity index (χ3n) is 3.05. The van der Waals surface area contributed by atoms with Gasteiger partial charge in [-0.05, 0) is 17.7 Å². The summed E-state index contributed by atoms with van der Waals surface area (Å²) in [6.45, 7) is 2.17. The molecule has 0 aliphatic rings. The van der Waals surface area contributed by atoms with Gasteiger partial charge < -0.3 is 5.32 Å². The van der Waals surface area contributed by atoms with Gasteiger partial charge in [0.15, 0.2) is 5.78 Å². The molecule has 0 radical (unpaired) electrons. The minimum atomic E-state index is -0.0687. The Hall–Kier alpha value is -1.96. The first-order valence-corrected chi connectivity index (χ1v) is 8.39. The lowest BCUT2D eigenvalue weighted by molar-refractivity contribution is 0.101. The Balaban J connectivity index is 1.78. The number of Topliss-reactive ketones (excluding diaryl/α,β-unsaturated/α-hetero) is 1. The Bertz CT molecular complexity index is 662. The smallest absolute Gasteiger partial charge is 0.178 e. The average Bonchev–Trinajstić information content (AvgIpc) is 2.58. The number of pyridine rings is 1. The number of ketones is 1. The molecule has 3 N–H and O–H groups in total. The van der Waals surface area contributed by atoms with Gasteiger partial charge in [0.25, 0.3) is 0 Å². The molecule has 0 fully saturated rings. The molecule has 0 aliphatic heterocycles. The highest BCUT2D eigenvalue weighted by Gasteiger charge is 2.06. The van der Waals surface area contributed by atoms with E-state index < -0.39 is 0 Å². The number of nitrogens with zero attached hydrogens (tertiary/aromatic N) is 2. The van der Waals surface area contributed by atoms with Crippen LogP contribution >= 0.6 is 24.0 Å². The Morgan fingerprint density at radius 3 is 2.65 bits per heavy atom. The Kier molecular flexibility index (Phi) is 6.52. The third-order valence-corrected chi connectivity index (χ3v) is 4.37. The SMILES string of the molecule is CC(=O)c1ccc(N(N)CSC(=S)NCc2ccccc2)cn1. The molecule has 0 unspecified atom stereocenters. The predicted molar refractivity (Wildman–Crippen MR) is 99.2 cm³/mol. The van der Waals surface area contributed by atoms with E-state index in [0.29, 0.717) is 22.4 Å². The number of nitrogens with one attached hydrogen (secondary N) is 1. The molecular formula is C16H18N4OS2. The van der Waals surface area contributed by atoms with Crippen LogP contribution in [0.4, 0.5) is 5.69 Å². The second-order valence-electron chi connectivity index (χ2n) is 4.83. The fourth-order valence-electron chi connectivity index (χ4n) is 1.79. The van der Waals surface area contributed by atoms with E-state index in [4.69, 9.17) is 18.1 Å². The molecule has 0 aliphatic carbocycles. The van der Waals surface area contributed by atoms with Crippen molar-refractivity contribution in [1.29, 1.82) is 0 Å². The van der Waals surface area contributed by atoms with Crippen LogP contribution in [0, 0.1) is 0 Å². The van der Waals surface area contributed by atoms with Crippen molar-refractivity contribution in [3.05, 3.63) is 59.9 Å². The van der Waals surface area contributed by atoms with Crippen LogP contribution < -0.4 is 16.2 Å². The summed E-state index contributed by atoms with van der Waals surface area (Å²) in [5, 5.41) is 4.72. The standard InChI is InChI=1S/C16H18N4OS2/c1-12(21)15-8-7-14(10-18-15)20(17)11-23-16(22)19-9-13-5-3-2-4-6-13/h2-8,10H,9,11,17H2,1H3,(H,19,22). The number of benzene rings is 1. The van der Waals surface area contributed by atoms with Gasteiger partial charge in [0.05, 0.1) is 17.8 Å². The topological polar surface area (TPSA) is 71.2 Å². The molecule has 7 heteroatoms. The number of rotatable bonds is 6. The number of aromatic nitrogens is 1. The molecule has 23 heavy (non-hydrogen) atoms. The van der Waals surface area contributed by atoms with Gasteiger partial charge in [0.1, 0.15) is 10.0 Å². The van der Waals surface area contributed by atoms with Crippen molar-refractivity contribution in [2.24, 2.45) is 5.84 Å². The second-order valence-corrected chi connectivity index (χ2v) is 6.45. The first-order valence-electron chi connectivity index (χ1n) is 7.00. The number of carbonyl (C=O) groups is 1. The van der Waals surface area contributed by atoms with Crippen molar-refractivity contribution in [2.45, 2.75) is 13.5 Å². The van der Waals surface area contributed by atoms with Crippen LogP contribution in [0.3, 0.4) is 0 Å². The first-order chi connectivity index (χ1) is 11.1. The van der Waals surface area contributed by atoms with Crippen LogP contribution in [0.25, 0.3) is 0 Å². The van der Waals surface area contributed by atoms with E-state index in [-0.39, 0.29) is 5.78 Å². The number of carbonyl (C=O) groups excluding carboxylic acids is 1. The molecule has 5 nitrogen and oxygen atoms in total. The van der Waals surface area contributed by atoms with E-state index in [0.717, 1.165) is 5.69 Å². The van der Waals surface area contributed by atoms with Crippen LogP contribution in [0.1, 0.15) is 23.0 Å². The van der Waals surface area contributed by atoms with Crippen molar-refractivity contribution >= 4 is 39.8 Å². The van der Waals surface area contributed by atoms with Gasteiger partial charge in [0, 0.05) is 13.5 Å². The molecule has 0 atom stereocenters. The number of hydrogen-bond acceptors (Lipinski definition) is 6. The van der Waals surface area contributed by atoms with E-state index in [1.54, 1.807) is 18.3 Å². The van der Waals surface area contributed by atoms with Gasteiger partial charge >= 0.3 is 0 Å². The molecule has 1 aromatic carbocycles.